The zero-order chi connectivity index (χ0) is 27.6. The number of ether oxygens (including phenoxy) is 2. The van der Waals surface area contributed by atoms with Crippen LogP contribution in [-0.2, 0) is 9.53 Å². The largest absolute Gasteiger partial charge is 0.473 e. The molecule has 1 aliphatic heterocycles. The molecule has 12 heteroatoms. The summed E-state index contributed by atoms with van der Waals surface area (Å²) >= 11 is 10.9. The molecule has 0 radical (unpaired) electrons. The van der Waals surface area contributed by atoms with Crippen LogP contribution in [0.15, 0.2) is 61.9 Å². The molecule has 0 fully saturated rings. The number of carbonyl (C=O) groups is 1. The lowest BCUT2D eigenvalue weighted by Gasteiger charge is -2.25. The van der Waals surface area contributed by atoms with E-state index in [0.717, 1.165) is 11.3 Å². The molecule has 1 aliphatic rings. The Morgan fingerprint density at radius 1 is 1.39 bits per heavy atom. The van der Waals surface area contributed by atoms with Gasteiger partial charge in [-0.25, -0.2) is 9.79 Å². The molecule has 2 heterocycles. The molecule has 0 unspecified atom stereocenters. The summed E-state index contributed by atoms with van der Waals surface area (Å²) in [5.41, 5.74) is 0.745. The molecule has 2 aromatic carbocycles. The smallest absolute Gasteiger partial charge is 0.338 e. The number of carbonyl (C=O) groups excluding carboxylic acids is 1. The zero-order valence-electron chi connectivity index (χ0n) is 20.1. The van der Waals surface area contributed by atoms with Crippen molar-refractivity contribution in [1.29, 1.82) is 0 Å². The maximum atomic E-state index is 13.7. The Morgan fingerprint density at radius 2 is 2.13 bits per heavy atom. The van der Waals surface area contributed by atoms with Crippen LogP contribution in [0.3, 0.4) is 0 Å². The van der Waals surface area contributed by atoms with Gasteiger partial charge in [0.05, 0.1) is 31.8 Å². The van der Waals surface area contributed by atoms with Gasteiger partial charge in [-0.05, 0) is 59.1 Å². The van der Waals surface area contributed by atoms with Crippen molar-refractivity contribution in [2.24, 2.45) is 4.99 Å². The number of esters is 1. The fourth-order valence-electron chi connectivity index (χ4n) is 4.01. The van der Waals surface area contributed by atoms with Crippen molar-refractivity contribution in [3.8, 4) is 18.1 Å². The minimum absolute atomic E-state index is 0.0139. The van der Waals surface area contributed by atoms with E-state index in [-0.39, 0.29) is 34.8 Å². The van der Waals surface area contributed by atoms with E-state index in [2.05, 4.69) is 26.8 Å². The van der Waals surface area contributed by atoms with E-state index in [1.807, 2.05) is 0 Å². The van der Waals surface area contributed by atoms with E-state index >= 15 is 0 Å². The van der Waals surface area contributed by atoms with Crippen molar-refractivity contribution in [3.05, 3.63) is 98.1 Å². The summed E-state index contributed by atoms with van der Waals surface area (Å²) in [6.45, 7) is 3.35. The van der Waals surface area contributed by atoms with Crippen LogP contribution in [0.25, 0.3) is 6.08 Å². The highest BCUT2D eigenvalue weighted by Gasteiger charge is 2.34. The molecule has 4 rings (SSSR count). The number of rotatable bonds is 7. The van der Waals surface area contributed by atoms with Crippen LogP contribution in [0.1, 0.15) is 31.0 Å². The Kier molecular flexibility index (Phi) is 8.16. The topological polar surface area (TPSA) is 113 Å². The fourth-order valence-corrected chi connectivity index (χ4v) is 5.88. The number of benzene rings is 2. The van der Waals surface area contributed by atoms with E-state index in [1.54, 1.807) is 44.2 Å². The van der Waals surface area contributed by atoms with E-state index in [9.17, 15) is 19.7 Å². The Hall–Kier alpha value is -3.72. The quantitative estimate of drug-likeness (QED) is 0.171. The maximum Gasteiger partial charge on any atom is 0.338 e. The SMILES string of the molecule is C#CCOc1c(Br)cc(/C=c2\sc3n(c2=O)[C@H](c2ccccc2Cl)C(C(=O)OCC)=C(C)N=3)cc1[N+](=O)[O-]. The highest BCUT2D eigenvalue weighted by atomic mass is 79.9. The zero-order valence-corrected chi connectivity index (χ0v) is 23.2. The van der Waals surface area contributed by atoms with Crippen molar-refractivity contribution >= 4 is 56.6 Å². The van der Waals surface area contributed by atoms with Crippen molar-refractivity contribution in [1.82, 2.24) is 4.57 Å². The van der Waals surface area contributed by atoms with E-state index in [0.29, 0.717) is 31.1 Å². The molecule has 38 heavy (non-hydrogen) atoms. The standard InChI is InChI=1S/C26H19BrClN3O6S/c1-4-10-37-23-17(27)11-15(12-19(23)31(34)35)13-20-24(32)30-22(16-8-6-7-9-18(16)28)21(25(33)36-5-2)14(3)29-26(30)38-20/h1,6-9,11-13,22H,5,10H2,2-3H3/b20-13-/t22-/m1/s1. The lowest BCUT2D eigenvalue weighted by Crippen LogP contribution is -2.40. The lowest BCUT2D eigenvalue weighted by atomic mass is 9.96. The number of thiazole rings is 1. The second-order valence-electron chi connectivity index (χ2n) is 7.92. The van der Waals surface area contributed by atoms with Gasteiger partial charge in [0, 0.05) is 11.1 Å². The predicted octanol–water partition coefficient (Wildman–Crippen LogP) is 4.13. The molecule has 1 aromatic heterocycles. The molecule has 0 aliphatic carbocycles. The van der Waals surface area contributed by atoms with Gasteiger partial charge in [-0.1, -0.05) is 47.1 Å². The molecule has 3 aromatic rings. The molecule has 1 atom stereocenters. The van der Waals surface area contributed by atoms with Crippen molar-refractivity contribution < 1.29 is 19.2 Å². The summed E-state index contributed by atoms with van der Waals surface area (Å²) in [6, 6.07) is 8.91. The van der Waals surface area contributed by atoms with Crippen LogP contribution in [-0.4, -0.2) is 28.7 Å². The minimum atomic E-state index is -0.873. The molecule has 0 saturated carbocycles. The Balaban J connectivity index is 1.94. The summed E-state index contributed by atoms with van der Waals surface area (Å²) in [4.78, 5) is 42.7. The first-order chi connectivity index (χ1) is 18.2. The van der Waals surface area contributed by atoms with Crippen molar-refractivity contribution in [2.75, 3.05) is 13.2 Å². The number of terminal acetylenes is 1. The molecular formula is C26H19BrClN3O6S. The summed E-state index contributed by atoms with van der Waals surface area (Å²) in [6.07, 6.45) is 6.73. The van der Waals surface area contributed by atoms with Crippen LogP contribution in [0.4, 0.5) is 5.69 Å². The number of fused-ring (bicyclic) bond motifs is 1. The average molecular weight is 617 g/mol. The molecule has 0 saturated heterocycles. The van der Waals surface area contributed by atoms with Crippen LogP contribution >= 0.6 is 38.9 Å². The number of nitro groups is 1. The second kappa shape index (κ2) is 11.3. The van der Waals surface area contributed by atoms with E-state index in [1.165, 1.54) is 16.7 Å². The van der Waals surface area contributed by atoms with Crippen molar-refractivity contribution in [2.45, 2.75) is 19.9 Å². The summed E-state index contributed by atoms with van der Waals surface area (Å²) < 4.78 is 12.6. The molecule has 0 N–H and O–H groups in total. The van der Waals surface area contributed by atoms with Crippen LogP contribution in [0.5, 0.6) is 5.75 Å². The summed E-state index contributed by atoms with van der Waals surface area (Å²) in [5, 5.41) is 12.1. The predicted molar refractivity (Wildman–Crippen MR) is 147 cm³/mol. The lowest BCUT2D eigenvalue weighted by molar-refractivity contribution is -0.385. The van der Waals surface area contributed by atoms with Gasteiger partial charge in [0.15, 0.2) is 4.80 Å². The number of aromatic nitrogens is 1. The van der Waals surface area contributed by atoms with Gasteiger partial charge in [0.1, 0.15) is 12.6 Å². The monoisotopic (exact) mass is 615 g/mol. The van der Waals surface area contributed by atoms with E-state index in [4.69, 9.17) is 27.5 Å². The second-order valence-corrected chi connectivity index (χ2v) is 10.2. The third-order valence-corrected chi connectivity index (χ3v) is 7.47. The maximum absolute atomic E-state index is 13.7. The van der Waals surface area contributed by atoms with Crippen molar-refractivity contribution in [3.63, 3.8) is 0 Å². The normalized spacial score (nSPS) is 14.9. The average Bonchev–Trinajstić information content (AvgIpc) is 3.17. The van der Waals surface area contributed by atoms with Gasteiger partial charge in [-0.15, -0.1) is 6.42 Å². The first kappa shape index (κ1) is 27.3. The van der Waals surface area contributed by atoms with Gasteiger partial charge in [0.25, 0.3) is 5.56 Å². The van der Waals surface area contributed by atoms with Gasteiger partial charge >= 0.3 is 11.7 Å². The number of hydrogen-bond donors (Lipinski definition) is 0. The number of allylic oxidation sites excluding steroid dienone is 1. The first-order valence-electron chi connectivity index (χ1n) is 11.2. The fraction of sp³-hybridized carbons (Fsp3) is 0.192. The number of nitro benzene ring substituents is 1. The third kappa shape index (κ3) is 5.15. The number of nitrogens with zero attached hydrogens (tertiary/aromatic N) is 3. The molecule has 0 amide bonds. The Morgan fingerprint density at radius 3 is 2.79 bits per heavy atom. The van der Waals surface area contributed by atoms with Crippen LogP contribution in [0, 0.1) is 22.5 Å². The van der Waals surface area contributed by atoms with Crippen LogP contribution < -0.4 is 19.6 Å². The first-order valence-corrected chi connectivity index (χ1v) is 13.1. The van der Waals surface area contributed by atoms with Crippen LogP contribution in [0.2, 0.25) is 5.02 Å². The number of hydrogen-bond acceptors (Lipinski definition) is 8. The summed E-state index contributed by atoms with van der Waals surface area (Å²) in [5.74, 6) is 1.66. The Labute approximate surface area is 234 Å². The molecule has 0 spiro atoms. The highest BCUT2D eigenvalue weighted by Crippen LogP contribution is 2.37. The van der Waals surface area contributed by atoms with Gasteiger partial charge in [-0.3, -0.25) is 19.5 Å². The molecular weight excluding hydrogens is 598 g/mol. The summed E-state index contributed by atoms with van der Waals surface area (Å²) in [7, 11) is 0. The van der Waals surface area contributed by atoms with Gasteiger partial charge < -0.3 is 9.47 Å². The van der Waals surface area contributed by atoms with E-state index < -0.39 is 22.5 Å². The van der Waals surface area contributed by atoms with Gasteiger partial charge in [-0.2, -0.15) is 0 Å². The Bertz CT molecular complexity index is 1720. The molecule has 0 bridgehead atoms. The molecule has 9 nitrogen and oxygen atoms in total. The minimum Gasteiger partial charge on any atom is -0.473 e. The third-order valence-electron chi connectivity index (χ3n) is 5.56. The highest BCUT2D eigenvalue weighted by molar-refractivity contribution is 9.10. The number of halogens is 2. The molecule has 194 valence electrons. The van der Waals surface area contributed by atoms with Gasteiger partial charge in [0.2, 0.25) is 5.75 Å².